The molecule has 1 aromatic carbocycles. The molecule has 0 aliphatic rings. The predicted molar refractivity (Wildman–Crippen MR) is 69.3 cm³/mol. The summed E-state index contributed by atoms with van der Waals surface area (Å²) in [6.07, 6.45) is -0.00169. The number of benzene rings is 1. The molecule has 0 spiro atoms. The van der Waals surface area contributed by atoms with Gasteiger partial charge in [-0.2, -0.15) is 0 Å². The largest absolute Gasteiger partial charge is 0.490 e. The van der Waals surface area contributed by atoms with Crippen molar-refractivity contribution in [3.05, 3.63) is 28.8 Å². The van der Waals surface area contributed by atoms with E-state index in [9.17, 15) is 0 Å². The Morgan fingerprint density at radius 1 is 1.56 bits per heavy atom. The summed E-state index contributed by atoms with van der Waals surface area (Å²) in [5.74, 6) is 0.587. The van der Waals surface area contributed by atoms with Crippen molar-refractivity contribution in [1.29, 1.82) is 0 Å². The average Bonchev–Trinajstić information content (AvgIpc) is 2.25. The first kappa shape index (κ1) is 13.2. The fourth-order valence-corrected chi connectivity index (χ4v) is 1.67. The first-order valence-corrected chi connectivity index (χ1v) is 5.58. The van der Waals surface area contributed by atoms with Crippen LogP contribution in [0.25, 0.3) is 0 Å². The molecule has 16 heavy (non-hydrogen) atoms. The van der Waals surface area contributed by atoms with E-state index in [1.54, 1.807) is 25.3 Å². The van der Waals surface area contributed by atoms with E-state index >= 15 is 0 Å². The number of hydrogen-bond donors (Lipinski definition) is 1. The summed E-state index contributed by atoms with van der Waals surface area (Å²) in [6.45, 7) is 2.33. The molecule has 0 aromatic heterocycles. The SMILES string of the molecule is COC(C)COc1cccc(Cl)c1C(N)=S. The Balaban J connectivity index is 2.87. The zero-order chi connectivity index (χ0) is 12.1. The summed E-state index contributed by atoms with van der Waals surface area (Å²) < 4.78 is 10.6. The molecule has 0 aliphatic heterocycles. The van der Waals surface area contributed by atoms with Crippen molar-refractivity contribution in [2.24, 2.45) is 5.73 Å². The Bertz CT molecular complexity index is 384. The number of methoxy groups -OCH3 is 1. The predicted octanol–water partition coefficient (Wildman–Crippen LogP) is 2.39. The van der Waals surface area contributed by atoms with Crippen molar-refractivity contribution >= 4 is 28.8 Å². The molecule has 1 aromatic rings. The molecule has 1 atom stereocenters. The van der Waals surface area contributed by atoms with E-state index in [0.717, 1.165) is 0 Å². The van der Waals surface area contributed by atoms with Gasteiger partial charge >= 0.3 is 0 Å². The van der Waals surface area contributed by atoms with Crippen molar-refractivity contribution in [2.75, 3.05) is 13.7 Å². The number of halogens is 1. The highest BCUT2D eigenvalue weighted by molar-refractivity contribution is 7.80. The minimum absolute atomic E-state index is 0.00169. The average molecular weight is 260 g/mol. The topological polar surface area (TPSA) is 44.5 Å². The molecule has 0 radical (unpaired) electrons. The van der Waals surface area contributed by atoms with Crippen LogP contribution in [0.15, 0.2) is 18.2 Å². The molecule has 0 heterocycles. The summed E-state index contributed by atoms with van der Waals surface area (Å²) in [5, 5.41) is 0.495. The van der Waals surface area contributed by atoms with Crippen LogP contribution in [0.1, 0.15) is 12.5 Å². The third-order valence-corrected chi connectivity index (χ3v) is 2.62. The zero-order valence-corrected chi connectivity index (χ0v) is 10.8. The van der Waals surface area contributed by atoms with E-state index in [4.69, 9.17) is 39.0 Å². The molecule has 1 rings (SSSR count). The van der Waals surface area contributed by atoms with Gasteiger partial charge in [0.1, 0.15) is 17.3 Å². The maximum atomic E-state index is 5.99. The molecule has 1 unspecified atom stereocenters. The molecule has 0 saturated carbocycles. The monoisotopic (exact) mass is 259 g/mol. The zero-order valence-electron chi connectivity index (χ0n) is 9.20. The van der Waals surface area contributed by atoms with Gasteiger partial charge in [0.25, 0.3) is 0 Å². The second kappa shape index (κ2) is 6.03. The maximum Gasteiger partial charge on any atom is 0.131 e. The van der Waals surface area contributed by atoms with Crippen LogP contribution >= 0.6 is 23.8 Å². The summed E-state index contributed by atoms with van der Waals surface area (Å²) in [5.41, 5.74) is 6.16. The highest BCUT2D eigenvalue weighted by Crippen LogP contribution is 2.26. The number of rotatable bonds is 5. The van der Waals surface area contributed by atoms with Gasteiger partial charge in [-0.15, -0.1) is 0 Å². The Labute approximate surface area is 105 Å². The van der Waals surface area contributed by atoms with E-state index in [0.29, 0.717) is 22.9 Å². The molecule has 88 valence electrons. The molecule has 0 fully saturated rings. The highest BCUT2D eigenvalue weighted by Gasteiger charge is 2.11. The third kappa shape index (κ3) is 3.33. The fraction of sp³-hybridized carbons (Fsp3) is 0.364. The molecule has 0 saturated heterocycles. The maximum absolute atomic E-state index is 5.99. The lowest BCUT2D eigenvalue weighted by Crippen LogP contribution is -2.18. The molecule has 0 aliphatic carbocycles. The van der Waals surface area contributed by atoms with E-state index < -0.39 is 0 Å². The van der Waals surface area contributed by atoms with Crippen LogP contribution in [0.2, 0.25) is 5.02 Å². The molecular weight excluding hydrogens is 246 g/mol. The molecule has 0 bridgehead atoms. The van der Waals surface area contributed by atoms with Crippen LogP contribution in [0.5, 0.6) is 5.75 Å². The Morgan fingerprint density at radius 2 is 2.25 bits per heavy atom. The van der Waals surface area contributed by atoms with Crippen molar-refractivity contribution in [3.8, 4) is 5.75 Å². The Hall–Kier alpha value is -0.840. The fourth-order valence-electron chi connectivity index (χ4n) is 1.14. The summed E-state index contributed by atoms with van der Waals surface area (Å²) >= 11 is 10.9. The lowest BCUT2D eigenvalue weighted by atomic mass is 10.2. The van der Waals surface area contributed by atoms with Crippen LogP contribution in [0.4, 0.5) is 0 Å². The Kier molecular flexibility index (Phi) is 4.99. The smallest absolute Gasteiger partial charge is 0.131 e. The van der Waals surface area contributed by atoms with Gasteiger partial charge in [0, 0.05) is 7.11 Å². The molecule has 2 N–H and O–H groups in total. The molecule has 5 heteroatoms. The third-order valence-electron chi connectivity index (χ3n) is 2.10. The first-order chi connectivity index (χ1) is 7.56. The van der Waals surface area contributed by atoms with Crippen molar-refractivity contribution in [3.63, 3.8) is 0 Å². The second-order valence-corrected chi connectivity index (χ2v) is 4.18. The van der Waals surface area contributed by atoms with Crippen molar-refractivity contribution in [1.82, 2.24) is 0 Å². The van der Waals surface area contributed by atoms with Crippen molar-refractivity contribution in [2.45, 2.75) is 13.0 Å². The lowest BCUT2D eigenvalue weighted by Gasteiger charge is -2.14. The second-order valence-electron chi connectivity index (χ2n) is 3.33. The van der Waals surface area contributed by atoms with Crippen LogP contribution in [-0.4, -0.2) is 24.8 Å². The quantitative estimate of drug-likeness (QED) is 0.825. The van der Waals surface area contributed by atoms with Crippen LogP contribution in [-0.2, 0) is 4.74 Å². The van der Waals surface area contributed by atoms with Gasteiger partial charge in [-0.3, -0.25) is 0 Å². The van der Waals surface area contributed by atoms with Gasteiger partial charge in [-0.25, -0.2) is 0 Å². The minimum Gasteiger partial charge on any atom is -0.490 e. The van der Waals surface area contributed by atoms with Gasteiger partial charge in [-0.1, -0.05) is 29.9 Å². The number of hydrogen-bond acceptors (Lipinski definition) is 3. The van der Waals surface area contributed by atoms with Gasteiger partial charge in [0.2, 0.25) is 0 Å². The van der Waals surface area contributed by atoms with E-state index in [2.05, 4.69) is 0 Å². The van der Waals surface area contributed by atoms with Gasteiger partial charge in [0.05, 0.1) is 16.7 Å². The van der Waals surface area contributed by atoms with E-state index in [-0.39, 0.29) is 11.1 Å². The molecular formula is C11H14ClNO2S. The van der Waals surface area contributed by atoms with E-state index in [1.807, 2.05) is 6.92 Å². The lowest BCUT2D eigenvalue weighted by molar-refractivity contribution is 0.0716. The molecule has 3 nitrogen and oxygen atoms in total. The van der Waals surface area contributed by atoms with Crippen molar-refractivity contribution < 1.29 is 9.47 Å². The summed E-state index contributed by atoms with van der Waals surface area (Å²) in [7, 11) is 1.63. The minimum atomic E-state index is -0.00169. The summed E-state index contributed by atoms with van der Waals surface area (Å²) in [6, 6.07) is 5.29. The summed E-state index contributed by atoms with van der Waals surface area (Å²) in [4.78, 5) is 0.227. The van der Waals surface area contributed by atoms with Gasteiger partial charge in [-0.05, 0) is 19.1 Å². The van der Waals surface area contributed by atoms with Crippen LogP contribution < -0.4 is 10.5 Å². The Morgan fingerprint density at radius 3 is 2.81 bits per heavy atom. The van der Waals surface area contributed by atoms with Gasteiger partial charge < -0.3 is 15.2 Å². The standard InChI is InChI=1S/C11H14ClNO2S/c1-7(14-2)6-15-9-5-3-4-8(12)10(9)11(13)16/h3-5,7H,6H2,1-2H3,(H2,13,16). The van der Waals surface area contributed by atoms with E-state index in [1.165, 1.54) is 0 Å². The van der Waals surface area contributed by atoms with Gasteiger partial charge in [0.15, 0.2) is 0 Å². The normalized spacial score (nSPS) is 12.2. The van der Waals surface area contributed by atoms with Crippen LogP contribution in [0, 0.1) is 0 Å². The number of nitrogens with two attached hydrogens (primary N) is 1. The number of ether oxygens (including phenoxy) is 2. The molecule has 0 amide bonds. The van der Waals surface area contributed by atoms with Crippen LogP contribution in [0.3, 0.4) is 0 Å². The highest BCUT2D eigenvalue weighted by atomic mass is 35.5. The number of thiocarbonyl (C=S) groups is 1. The first-order valence-electron chi connectivity index (χ1n) is 4.80.